The third-order valence-corrected chi connectivity index (χ3v) is 0.874. The highest BCUT2D eigenvalue weighted by atomic mass is 16.5. The fourth-order valence-corrected chi connectivity index (χ4v) is 0.336. The van der Waals surface area contributed by atoms with Gasteiger partial charge in [-0.2, -0.15) is 0 Å². The molecule has 0 fully saturated rings. The van der Waals surface area contributed by atoms with Gasteiger partial charge in [0.1, 0.15) is 6.73 Å². The Morgan fingerprint density at radius 2 is 2.22 bits per heavy atom. The molecule has 0 aromatic carbocycles. The molecule has 0 saturated carbocycles. The molecule has 0 aliphatic carbocycles. The van der Waals surface area contributed by atoms with Gasteiger partial charge < -0.3 is 4.74 Å². The zero-order valence-electron chi connectivity index (χ0n) is 5.94. The minimum atomic E-state index is -0.157. The van der Waals surface area contributed by atoms with Crippen molar-refractivity contribution in [2.75, 3.05) is 13.3 Å². The molecule has 0 aliphatic heterocycles. The highest BCUT2D eigenvalue weighted by Gasteiger charge is 1.93. The lowest BCUT2D eigenvalue weighted by Crippen LogP contribution is -2.19. The van der Waals surface area contributed by atoms with E-state index in [-0.39, 0.29) is 5.97 Å². The summed E-state index contributed by atoms with van der Waals surface area (Å²) < 4.78 is 4.68. The van der Waals surface area contributed by atoms with E-state index in [9.17, 15) is 4.79 Å². The molecule has 54 valence electrons. The molecular weight excluding hydrogens is 118 g/mol. The molecule has 0 heterocycles. The molecule has 1 N–H and O–H groups in total. The van der Waals surface area contributed by atoms with Gasteiger partial charge in [-0.25, -0.2) is 0 Å². The molecule has 0 atom stereocenters. The van der Waals surface area contributed by atoms with Gasteiger partial charge in [-0.3, -0.25) is 10.1 Å². The Morgan fingerprint density at radius 3 is 2.67 bits per heavy atom. The third-order valence-electron chi connectivity index (χ3n) is 0.874. The largest absolute Gasteiger partial charge is 0.450 e. The molecule has 3 nitrogen and oxygen atoms in total. The van der Waals surface area contributed by atoms with Crippen LogP contribution in [0.1, 0.15) is 20.3 Å². The third kappa shape index (κ3) is 5.30. The van der Waals surface area contributed by atoms with Crippen molar-refractivity contribution in [1.82, 2.24) is 5.32 Å². The van der Waals surface area contributed by atoms with Crippen LogP contribution in [0.25, 0.3) is 0 Å². The fraction of sp³-hybridized carbons (Fsp3) is 0.833. The fourth-order valence-electron chi connectivity index (χ4n) is 0.336. The Balaban J connectivity index is 2.97. The van der Waals surface area contributed by atoms with Gasteiger partial charge in [-0.1, -0.05) is 13.8 Å². The van der Waals surface area contributed by atoms with Crippen molar-refractivity contribution in [3.05, 3.63) is 0 Å². The second-order valence-electron chi connectivity index (χ2n) is 1.62. The molecule has 0 spiro atoms. The van der Waals surface area contributed by atoms with Crippen LogP contribution in [0, 0.1) is 0 Å². The first-order valence-corrected chi connectivity index (χ1v) is 3.17. The number of nitrogens with one attached hydrogen (secondary N) is 1. The van der Waals surface area contributed by atoms with Crippen LogP contribution in [-0.2, 0) is 9.53 Å². The smallest absolute Gasteiger partial charge is 0.306 e. The Hall–Kier alpha value is -0.570. The van der Waals surface area contributed by atoms with Crippen LogP contribution in [0.15, 0.2) is 0 Å². The molecule has 0 saturated heterocycles. The van der Waals surface area contributed by atoms with Crippen LogP contribution in [0.5, 0.6) is 0 Å². The van der Waals surface area contributed by atoms with Crippen LogP contribution in [0.2, 0.25) is 0 Å². The van der Waals surface area contributed by atoms with E-state index >= 15 is 0 Å². The van der Waals surface area contributed by atoms with Crippen molar-refractivity contribution in [1.29, 1.82) is 0 Å². The number of hydrogen-bond acceptors (Lipinski definition) is 3. The van der Waals surface area contributed by atoms with Crippen LogP contribution >= 0.6 is 0 Å². The summed E-state index contributed by atoms with van der Waals surface area (Å²) >= 11 is 0. The van der Waals surface area contributed by atoms with E-state index in [4.69, 9.17) is 0 Å². The molecule has 0 rings (SSSR count). The molecule has 0 radical (unpaired) electrons. The molecule has 3 heteroatoms. The monoisotopic (exact) mass is 131 g/mol. The number of hydrogen-bond donors (Lipinski definition) is 1. The van der Waals surface area contributed by atoms with Crippen LogP contribution < -0.4 is 5.32 Å². The average molecular weight is 131 g/mol. The summed E-state index contributed by atoms with van der Waals surface area (Å²) in [6, 6.07) is 0. The lowest BCUT2D eigenvalue weighted by molar-refractivity contribution is -0.143. The number of esters is 1. The predicted octanol–water partition coefficient (Wildman–Crippen LogP) is 0.507. The molecule has 0 bridgehead atoms. The number of rotatable bonds is 4. The van der Waals surface area contributed by atoms with Gasteiger partial charge in [0, 0.05) is 6.42 Å². The normalized spacial score (nSPS) is 9.11. The van der Waals surface area contributed by atoms with Crippen LogP contribution in [0.3, 0.4) is 0 Å². The predicted molar refractivity (Wildman–Crippen MR) is 34.9 cm³/mol. The minimum Gasteiger partial charge on any atom is -0.450 e. The lowest BCUT2D eigenvalue weighted by atomic mass is 10.5. The van der Waals surface area contributed by atoms with Gasteiger partial charge in [0.05, 0.1) is 0 Å². The van der Waals surface area contributed by atoms with E-state index in [2.05, 4.69) is 10.1 Å². The maximum atomic E-state index is 10.4. The van der Waals surface area contributed by atoms with E-state index in [0.717, 1.165) is 6.54 Å². The van der Waals surface area contributed by atoms with Crippen molar-refractivity contribution in [3.8, 4) is 0 Å². The van der Waals surface area contributed by atoms with Crippen LogP contribution in [-0.4, -0.2) is 19.2 Å². The lowest BCUT2D eigenvalue weighted by Gasteiger charge is -2.01. The highest BCUT2D eigenvalue weighted by Crippen LogP contribution is 1.80. The van der Waals surface area contributed by atoms with Gasteiger partial charge in [-0.15, -0.1) is 0 Å². The first-order chi connectivity index (χ1) is 4.31. The van der Waals surface area contributed by atoms with Crippen molar-refractivity contribution in [3.63, 3.8) is 0 Å². The summed E-state index contributed by atoms with van der Waals surface area (Å²) in [6.07, 6.45) is 0.450. The van der Waals surface area contributed by atoms with Crippen molar-refractivity contribution in [2.45, 2.75) is 20.3 Å². The molecule has 0 aromatic rings. The van der Waals surface area contributed by atoms with Crippen molar-refractivity contribution < 1.29 is 9.53 Å². The van der Waals surface area contributed by atoms with Gasteiger partial charge in [0.25, 0.3) is 0 Å². The summed E-state index contributed by atoms with van der Waals surface area (Å²) in [5, 5.41) is 2.87. The SMILES string of the molecule is CCNCOC(=O)CC. The van der Waals surface area contributed by atoms with E-state index < -0.39 is 0 Å². The Labute approximate surface area is 55.4 Å². The van der Waals surface area contributed by atoms with E-state index in [1.54, 1.807) is 6.92 Å². The highest BCUT2D eigenvalue weighted by molar-refractivity contribution is 5.68. The van der Waals surface area contributed by atoms with Crippen molar-refractivity contribution in [2.24, 2.45) is 0 Å². The molecule has 0 unspecified atom stereocenters. The Kier molecular flexibility index (Phi) is 5.21. The maximum absolute atomic E-state index is 10.4. The zero-order valence-corrected chi connectivity index (χ0v) is 5.94. The summed E-state index contributed by atoms with van der Waals surface area (Å²) in [5.74, 6) is -0.157. The Morgan fingerprint density at radius 1 is 1.56 bits per heavy atom. The number of carbonyl (C=O) groups excluding carboxylic acids is 1. The van der Waals surface area contributed by atoms with Crippen LogP contribution in [0.4, 0.5) is 0 Å². The molecule has 0 amide bonds. The number of ether oxygens (including phenoxy) is 1. The summed E-state index contributed by atoms with van der Waals surface area (Å²) in [7, 11) is 0. The molecule has 9 heavy (non-hydrogen) atoms. The van der Waals surface area contributed by atoms with Gasteiger partial charge >= 0.3 is 5.97 Å². The molecule has 0 aromatic heterocycles. The van der Waals surface area contributed by atoms with E-state index in [1.807, 2.05) is 6.92 Å². The minimum absolute atomic E-state index is 0.157. The average Bonchev–Trinajstić information content (AvgIpc) is 1.89. The standard InChI is InChI=1S/C6H13NO2/c1-3-6(8)9-5-7-4-2/h7H,3-5H2,1-2H3. The summed E-state index contributed by atoms with van der Waals surface area (Å²) in [5.41, 5.74) is 0. The molecule has 0 aliphatic rings. The second kappa shape index (κ2) is 5.56. The summed E-state index contributed by atoms with van der Waals surface area (Å²) in [4.78, 5) is 10.4. The molecular formula is C6H13NO2. The van der Waals surface area contributed by atoms with Gasteiger partial charge in [0.2, 0.25) is 0 Å². The Bertz CT molecular complexity index is 83.1. The number of carbonyl (C=O) groups is 1. The van der Waals surface area contributed by atoms with E-state index in [1.165, 1.54) is 0 Å². The van der Waals surface area contributed by atoms with Crippen molar-refractivity contribution >= 4 is 5.97 Å². The quantitative estimate of drug-likeness (QED) is 0.343. The second-order valence-corrected chi connectivity index (χ2v) is 1.62. The maximum Gasteiger partial charge on any atom is 0.306 e. The first kappa shape index (κ1) is 8.43. The van der Waals surface area contributed by atoms with E-state index in [0.29, 0.717) is 13.2 Å². The van der Waals surface area contributed by atoms with Gasteiger partial charge in [-0.05, 0) is 6.54 Å². The topological polar surface area (TPSA) is 38.3 Å². The zero-order chi connectivity index (χ0) is 7.11. The summed E-state index contributed by atoms with van der Waals surface area (Å²) in [6.45, 7) is 4.90. The first-order valence-electron chi connectivity index (χ1n) is 3.17. The van der Waals surface area contributed by atoms with Gasteiger partial charge in [0.15, 0.2) is 0 Å².